The molecule has 0 aliphatic carbocycles. The monoisotopic (exact) mass is 441 g/mol. The van der Waals surface area contributed by atoms with Crippen molar-refractivity contribution in [3.63, 3.8) is 0 Å². The largest absolute Gasteiger partial charge is 0.301 e. The van der Waals surface area contributed by atoms with Gasteiger partial charge in [0, 0.05) is 23.7 Å². The molecule has 1 aromatic carbocycles. The lowest BCUT2D eigenvalue weighted by Gasteiger charge is -2.21. The van der Waals surface area contributed by atoms with Crippen LogP contribution < -0.4 is 5.56 Å². The summed E-state index contributed by atoms with van der Waals surface area (Å²) in [7, 11) is 2.14. The second kappa shape index (κ2) is 10.1. The van der Waals surface area contributed by atoms with Crippen molar-refractivity contribution in [2.75, 3.05) is 19.3 Å². The van der Waals surface area contributed by atoms with Crippen molar-refractivity contribution in [2.24, 2.45) is 0 Å². The Morgan fingerprint density at radius 2 is 1.87 bits per heavy atom. The summed E-state index contributed by atoms with van der Waals surface area (Å²) >= 11 is 3.44. The normalized spacial score (nSPS) is 14.3. The van der Waals surface area contributed by atoms with Crippen LogP contribution in [0.4, 0.5) is 0 Å². The first-order valence-corrected chi connectivity index (χ1v) is 12.9. The van der Waals surface area contributed by atoms with Crippen molar-refractivity contribution < 1.29 is 0 Å². The van der Waals surface area contributed by atoms with Crippen molar-refractivity contribution in [3.05, 3.63) is 51.1 Å². The average Bonchev–Trinajstić information content (AvgIpc) is 3.11. The first-order valence-electron chi connectivity index (χ1n) is 11.1. The van der Waals surface area contributed by atoms with Crippen LogP contribution in [0.5, 0.6) is 0 Å². The molecule has 30 heavy (non-hydrogen) atoms. The molecule has 3 aromatic rings. The second-order valence-corrected chi connectivity index (χ2v) is 10.3. The minimum Gasteiger partial charge on any atom is -0.301 e. The molecule has 0 unspecified atom stereocenters. The predicted octanol–water partition coefficient (Wildman–Crippen LogP) is 5.89. The van der Waals surface area contributed by atoms with E-state index in [9.17, 15) is 4.79 Å². The third kappa shape index (κ3) is 4.66. The molecule has 0 amide bonds. The van der Waals surface area contributed by atoms with Gasteiger partial charge < -0.3 is 4.90 Å². The van der Waals surface area contributed by atoms with E-state index in [4.69, 9.17) is 4.98 Å². The number of para-hydroxylation sites is 1. The summed E-state index contributed by atoms with van der Waals surface area (Å²) < 4.78 is 1.84. The number of benzene rings is 1. The molecule has 3 heterocycles. The van der Waals surface area contributed by atoms with Gasteiger partial charge in [-0.3, -0.25) is 9.36 Å². The maximum absolute atomic E-state index is 13.7. The molecule has 2 aromatic heterocycles. The third-order valence-corrected chi connectivity index (χ3v) is 7.91. The molecule has 1 aliphatic heterocycles. The quantitative estimate of drug-likeness (QED) is 0.236. The molecule has 0 N–H and O–H groups in total. The minimum absolute atomic E-state index is 0.0960. The number of unbranched alkanes of at least 4 members (excludes halogenated alkanes) is 5. The van der Waals surface area contributed by atoms with Crippen LogP contribution in [0.15, 0.2) is 40.3 Å². The fourth-order valence-electron chi connectivity index (χ4n) is 4.10. The number of rotatable bonds is 9. The van der Waals surface area contributed by atoms with Gasteiger partial charge in [0.15, 0.2) is 5.16 Å². The van der Waals surface area contributed by atoms with Gasteiger partial charge in [0.25, 0.3) is 5.56 Å². The maximum atomic E-state index is 13.7. The predicted molar refractivity (Wildman–Crippen MR) is 129 cm³/mol. The lowest BCUT2D eigenvalue weighted by molar-refractivity contribution is 0.318. The first-order chi connectivity index (χ1) is 14.7. The topological polar surface area (TPSA) is 38.1 Å². The molecular formula is C24H31N3OS2. The molecule has 0 spiro atoms. The van der Waals surface area contributed by atoms with Gasteiger partial charge in [-0.15, -0.1) is 11.3 Å². The zero-order chi connectivity index (χ0) is 20.9. The van der Waals surface area contributed by atoms with E-state index in [1.54, 1.807) is 23.1 Å². The number of likely N-dealkylation sites (N-methyl/N-ethyl adjacent to an activating group) is 1. The van der Waals surface area contributed by atoms with Gasteiger partial charge in [0.2, 0.25) is 0 Å². The van der Waals surface area contributed by atoms with E-state index >= 15 is 0 Å². The Kier molecular flexibility index (Phi) is 7.28. The van der Waals surface area contributed by atoms with Crippen LogP contribution in [0.25, 0.3) is 15.9 Å². The highest BCUT2D eigenvalue weighted by atomic mass is 32.2. The molecular weight excluding hydrogens is 410 g/mol. The number of aromatic nitrogens is 2. The van der Waals surface area contributed by atoms with Crippen LogP contribution >= 0.6 is 23.1 Å². The Hall–Kier alpha value is -1.63. The van der Waals surface area contributed by atoms with Crippen molar-refractivity contribution in [1.82, 2.24) is 14.5 Å². The lowest BCUT2D eigenvalue weighted by atomic mass is 10.1. The fourth-order valence-corrected chi connectivity index (χ4v) is 6.45. The molecule has 0 saturated carbocycles. The maximum Gasteiger partial charge on any atom is 0.267 e. The van der Waals surface area contributed by atoms with E-state index in [2.05, 4.69) is 18.9 Å². The van der Waals surface area contributed by atoms with Gasteiger partial charge >= 0.3 is 0 Å². The molecule has 0 fully saturated rings. The zero-order valence-corrected chi connectivity index (χ0v) is 19.7. The van der Waals surface area contributed by atoms with E-state index in [-0.39, 0.29) is 5.56 Å². The van der Waals surface area contributed by atoms with Crippen LogP contribution in [0.3, 0.4) is 0 Å². The number of nitrogens with zero attached hydrogens (tertiary/aromatic N) is 3. The highest BCUT2D eigenvalue weighted by Gasteiger charge is 2.24. The van der Waals surface area contributed by atoms with Gasteiger partial charge in [-0.2, -0.15) is 0 Å². The summed E-state index contributed by atoms with van der Waals surface area (Å²) in [5, 5.41) is 1.68. The molecule has 4 rings (SSSR count). The Bertz CT molecular complexity index is 1040. The van der Waals surface area contributed by atoms with Gasteiger partial charge in [-0.1, -0.05) is 69.0 Å². The first kappa shape index (κ1) is 21.6. The summed E-state index contributed by atoms with van der Waals surface area (Å²) in [5.74, 6) is 1.00. The third-order valence-electron chi connectivity index (χ3n) is 5.78. The zero-order valence-electron chi connectivity index (χ0n) is 18.0. The van der Waals surface area contributed by atoms with Crippen molar-refractivity contribution in [3.8, 4) is 5.69 Å². The van der Waals surface area contributed by atoms with E-state index in [1.807, 2.05) is 34.9 Å². The summed E-state index contributed by atoms with van der Waals surface area (Å²) in [5.41, 5.74) is 2.23. The Labute approximate surface area is 187 Å². The van der Waals surface area contributed by atoms with E-state index < -0.39 is 0 Å². The van der Waals surface area contributed by atoms with E-state index in [1.165, 1.54) is 49.0 Å². The van der Waals surface area contributed by atoms with Crippen LogP contribution in [0.2, 0.25) is 0 Å². The number of hydrogen-bond donors (Lipinski definition) is 0. The molecule has 160 valence electrons. The fraction of sp³-hybridized carbons (Fsp3) is 0.500. The number of hydrogen-bond acceptors (Lipinski definition) is 5. The van der Waals surface area contributed by atoms with Gasteiger partial charge in [-0.25, -0.2) is 4.98 Å². The van der Waals surface area contributed by atoms with Gasteiger partial charge in [0.1, 0.15) is 4.83 Å². The van der Waals surface area contributed by atoms with Gasteiger partial charge in [0.05, 0.1) is 11.1 Å². The molecule has 0 radical (unpaired) electrons. The molecule has 1 aliphatic rings. The minimum atomic E-state index is 0.0960. The number of thiophene rings is 1. The smallest absolute Gasteiger partial charge is 0.267 e. The van der Waals surface area contributed by atoms with Crippen LogP contribution in [0.1, 0.15) is 55.9 Å². The van der Waals surface area contributed by atoms with Crippen molar-refractivity contribution in [2.45, 2.75) is 63.6 Å². The second-order valence-electron chi connectivity index (χ2n) is 8.16. The molecule has 6 heteroatoms. The van der Waals surface area contributed by atoms with E-state index in [0.29, 0.717) is 0 Å². The van der Waals surface area contributed by atoms with E-state index in [0.717, 1.165) is 46.3 Å². The van der Waals surface area contributed by atoms with Crippen LogP contribution in [-0.2, 0) is 13.0 Å². The number of fused-ring (bicyclic) bond motifs is 3. The highest BCUT2D eigenvalue weighted by molar-refractivity contribution is 7.99. The van der Waals surface area contributed by atoms with Crippen LogP contribution in [0, 0.1) is 0 Å². The summed E-state index contributed by atoms with van der Waals surface area (Å²) in [6, 6.07) is 10.00. The Balaban J connectivity index is 1.65. The summed E-state index contributed by atoms with van der Waals surface area (Å²) in [6.07, 6.45) is 8.60. The molecule has 4 nitrogen and oxygen atoms in total. The highest BCUT2D eigenvalue weighted by Crippen LogP contribution is 2.34. The molecule has 0 atom stereocenters. The lowest BCUT2D eigenvalue weighted by Crippen LogP contribution is -2.27. The standard InChI is InChI=1S/C24H31N3OS2/c1-3-4-5-6-7-11-16-29-24-25-22-21(19-14-15-26(2)17-20(19)30-22)23(28)27(24)18-12-9-8-10-13-18/h8-10,12-13H,3-7,11,14-17H2,1-2H3. The SMILES string of the molecule is CCCCCCCCSc1nc2sc3c(c2c(=O)n1-c1ccccc1)CCN(C)C3. The van der Waals surface area contributed by atoms with Gasteiger partial charge in [-0.05, 0) is 37.6 Å². The van der Waals surface area contributed by atoms with Crippen LogP contribution in [-0.4, -0.2) is 33.8 Å². The average molecular weight is 442 g/mol. The molecule has 0 bridgehead atoms. The van der Waals surface area contributed by atoms with Crippen molar-refractivity contribution in [1.29, 1.82) is 0 Å². The Morgan fingerprint density at radius 3 is 2.67 bits per heavy atom. The summed E-state index contributed by atoms with van der Waals surface area (Å²) in [4.78, 5) is 23.2. The molecule has 0 saturated heterocycles. The summed E-state index contributed by atoms with van der Waals surface area (Å²) in [6.45, 7) is 4.17. The van der Waals surface area contributed by atoms with Crippen molar-refractivity contribution >= 4 is 33.3 Å². The Morgan fingerprint density at radius 1 is 1.10 bits per heavy atom. The number of thioether (sulfide) groups is 1.